The van der Waals surface area contributed by atoms with Crippen molar-refractivity contribution in [2.24, 2.45) is 47.5 Å². The average molecular weight is 604 g/mol. The Kier molecular flexibility index (Phi) is 8.15. The lowest BCUT2D eigenvalue weighted by atomic mass is 9.47. The van der Waals surface area contributed by atoms with E-state index in [2.05, 4.69) is 76.0 Å². The van der Waals surface area contributed by atoms with Crippen molar-refractivity contribution < 1.29 is 38.1 Å². The highest BCUT2D eigenvalue weighted by Gasteiger charge is 2.58. The fraction of sp³-hybridized carbons (Fsp3) is 0.688. The molecular formula is C32H46INO2. The molecule has 0 bridgehead atoms. The Morgan fingerprint density at radius 2 is 1.86 bits per heavy atom. The first-order chi connectivity index (χ1) is 16.6. The van der Waals surface area contributed by atoms with Gasteiger partial charge in [-0.25, -0.2) is 4.57 Å². The zero-order chi connectivity index (χ0) is 25.0. The second-order valence-corrected chi connectivity index (χ2v) is 12.9. The van der Waals surface area contributed by atoms with Gasteiger partial charge in [-0.2, -0.15) is 0 Å². The summed E-state index contributed by atoms with van der Waals surface area (Å²) in [6.07, 6.45) is 21.9. The van der Waals surface area contributed by atoms with E-state index in [1.165, 1.54) is 49.7 Å². The molecule has 3 saturated carbocycles. The summed E-state index contributed by atoms with van der Waals surface area (Å²) < 4.78 is 7.78. The number of hydrogen-bond donors (Lipinski definition) is 0. The van der Waals surface area contributed by atoms with Crippen molar-refractivity contribution in [1.29, 1.82) is 0 Å². The molecule has 1 aromatic rings. The number of pyridine rings is 1. The monoisotopic (exact) mass is 603 g/mol. The van der Waals surface area contributed by atoms with Gasteiger partial charge in [0.2, 0.25) is 0 Å². The highest BCUT2D eigenvalue weighted by Crippen LogP contribution is 2.66. The van der Waals surface area contributed by atoms with Crippen molar-refractivity contribution in [2.75, 3.05) is 0 Å². The molecule has 8 atom stereocenters. The fourth-order valence-corrected chi connectivity index (χ4v) is 9.05. The van der Waals surface area contributed by atoms with Crippen molar-refractivity contribution in [3.05, 3.63) is 47.3 Å². The number of fused-ring (bicyclic) bond motifs is 5. The smallest absolute Gasteiger partial charge is 0.302 e. The molecule has 198 valence electrons. The van der Waals surface area contributed by atoms with Crippen LogP contribution in [0, 0.1) is 47.3 Å². The number of halogens is 1. The lowest BCUT2D eigenvalue weighted by Gasteiger charge is -2.57. The Morgan fingerprint density at radius 3 is 2.58 bits per heavy atom. The third kappa shape index (κ3) is 4.85. The zero-order valence-electron chi connectivity index (χ0n) is 23.2. The predicted molar refractivity (Wildman–Crippen MR) is 141 cm³/mol. The Morgan fingerprint density at radius 1 is 1.14 bits per heavy atom. The topological polar surface area (TPSA) is 30.2 Å². The van der Waals surface area contributed by atoms with Crippen LogP contribution < -0.4 is 28.5 Å². The summed E-state index contributed by atoms with van der Waals surface area (Å²) in [7, 11) is 2.09. The van der Waals surface area contributed by atoms with Gasteiger partial charge in [0.15, 0.2) is 12.4 Å². The molecule has 0 N–H and O–H groups in total. The summed E-state index contributed by atoms with van der Waals surface area (Å²) in [5, 5.41) is 0. The van der Waals surface area contributed by atoms with Crippen LogP contribution in [0.1, 0.15) is 90.2 Å². The number of nitrogens with zero attached hydrogens (tertiary/aromatic N) is 1. The first-order valence-corrected chi connectivity index (χ1v) is 14.1. The van der Waals surface area contributed by atoms with E-state index in [0.29, 0.717) is 22.7 Å². The standard InChI is InChI=1S/C32H46NO2.HI/c1-21(7-8-24-15-18-33(6)20-22(24)2)28-11-12-29-27-10-9-25-19-26(35-23(3)34)13-16-31(25,4)30(27)14-17-32(28,29)5;/h7-8,10,15,18,20-21,25-26,28-30H,9,11-14,16-17,19H2,1-6H3;1H/q+1;/p-1/b8-7+;/t21-,25+,26+,28-,29+,30+,31+,32-;/m1./s1. The second kappa shape index (κ2) is 10.5. The summed E-state index contributed by atoms with van der Waals surface area (Å²) >= 11 is 0. The van der Waals surface area contributed by atoms with Crippen LogP contribution in [-0.4, -0.2) is 12.1 Å². The zero-order valence-corrected chi connectivity index (χ0v) is 25.4. The van der Waals surface area contributed by atoms with Gasteiger partial charge in [0.1, 0.15) is 13.2 Å². The van der Waals surface area contributed by atoms with Gasteiger partial charge in [-0.15, -0.1) is 0 Å². The summed E-state index contributed by atoms with van der Waals surface area (Å²) in [5.74, 6) is 3.39. The molecule has 1 aromatic heterocycles. The minimum atomic E-state index is -0.115. The van der Waals surface area contributed by atoms with Crippen LogP contribution in [0.4, 0.5) is 0 Å². The number of ether oxygens (including phenoxy) is 1. The van der Waals surface area contributed by atoms with E-state index in [1.807, 2.05) is 5.57 Å². The summed E-state index contributed by atoms with van der Waals surface area (Å²) in [6.45, 7) is 11.4. The number of carbonyl (C=O) groups excluding carboxylic acids is 1. The van der Waals surface area contributed by atoms with Crippen molar-refractivity contribution in [2.45, 2.75) is 92.1 Å². The summed E-state index contributed by atoms with van der Waals surface area (Å²) in [5.41, 5.74) is 5.30. The van der Waals surface area contributed by atoms with E-state index < -0.39 is 0 Å². The molecule has 4 heteroatoms. The Bertz CT molecular complexity index is 1050. The molecule has 0 spiro atoms. The molecule has 4 aliphatic carbocycles. The number of esters is 1. The average Bonchev–Trinajstić information content (AvgIpc) is 3.15. The lowest BCUT2D eigenvalue weighted by Crippen LogP contribution is -3.00. The minimum Gasteiger partial charge on any atom is -1.00 e. The van der Waals surface area contributed by atoms with Crippen molar-refractivity contribution >= 4 is 12.0 Å². The molecule has 0 unspecified atom stereocenters. The van der Waals surface area contributed by atoms with E-state index in [-0.39, 0.29) is 36.0 Å². The fourth-order valence-electron chi connectivity index (χ4n) is 9.05. The van der Waals surface area contributed by atoms with E-state index in [9.17, 15) is 4.79 Å². The molecule has 0 saturated heterocycles. The molecule has 4 aliphatic rings. The minimum absolute atomic E-state index is 0. The van der Waals surface area contributed by atoms with Crippen LogP contribution in [0.25, 0.3) is 6.08 Å². The summed E-state index contributed by atoms with van der Waals surface area (Å²) in [6, 6.07) is 2.24. The molecule has 0 aliphatic heterocycles. The highest BCUT2D eigenvalue weighted by atomic mass is 127. The van der Waals surface area contributed by atoms with Gasteiger partial charge in [0, 0.05) is 18.6 Å². The third-order valence-electron chi connectivity index (χ3n) is 11.0. The second-order valence-electron chi connectivity index (χ2n) is 12.9. The number of rotatable bonds is 4. The number of carbonyl (C=O) groups is 1. The maximum atomic E-state index is 11.5. The van der Waals surface area contributed by atoms with Crippen LogP contribution in [0.15, 0.2) is 36.2 Å². The predicted octanol–water partition coefficient (Wildman–Crippen LogP) is 3.98. The molecule has 0 amide bonds. The van der Waals surface area contributed by atoms with Crippen LogP contribution in [0.2, 0.25) is 0 Å². The SMILES string of the molecule is CC(=O)O[C@H]1CC[C@@]2(C)[C@@H](CC=C3[C@@H]2CC[C@]2(C)[C@@H]([C@H](C)/C=C/c4cc[n+](C)cc4C)CC[C@@H]32)C1.[I-]. The normalized spacial score (nSPS) is 38.3. The van der Waals surface area contributed by atoms with Crippen LogP contribution >= 0.6 is 0 Å². The van der Waals surface area contributed by atoms with Crippen molar-refractivity contribution in [3.8, 4) is 0 Å². The molecule has 3 fully saturated rings. The van der Waals surface area contributed by atoms with Gasteiger partial charge in [0.25, 0.3) is 0 Å². The molecule has 36 heavy (non-hydrogen) atoms. The van der Waals surface area contributed by atoms with Crippen LogP contribution in [-0.2, 0) is 16.6 Å². The molecule has 1 heterocycles. The third-order valence-corrected chi connectivity index (χ3v) is 11.0. The molecular weight excluding hydrogens is 557 g/mol. The van der Waals surface area contributed by atoms with Gasteiger partial charge < -0.3 is 28.7 Å². The van der Waals surface area contributed by atoms with Gasteiger partial charge >= 0.3 is 5.97 Å². The van der Waals surface area contributed by atoms with E-state index in [0.717, 1.165) is 30.6 Å². The molecule has 3 nitrogen and oxygen atoms in total. The van der Waals surface area contributed by atoms with Gasteiger partial charge in [0.05, 0.1) is 0 Å². The Labute approximate surface area is 236 Å². The quantitative estimate of drug-likeness (QED) is 0.226. The van der Waals surface area contributed by atoms with Gasteiger partial charge in [-0.05, 0) is 104 Å². The molecule has 5 rings (SSSR count). The lowest BCUT2D eigenvalue weighted by molar-refractivity contribution is -0.671. The molecule has 0 radical (unpaired) electrons. The van der Waals surface area contributed by atoms with Crippen LogP contribution in [0.5, 0.6) is 0 Å². The number of aromatic nitrogens is 1. The van der Waals surface area contributed by atoms with E-state index in [4.69, 9.17) is 4.74 Å². The number of hydrogen-bond acceptors (Lipinski definition) is 2. The Hall–Kier alpha value is -1.17. The first kappa shape index (κ1) is 27.9. The van der Waals surface area contributed by atoms with E-state index in [1.54, 1.807) is 6.92 Å². The van der Waals surface area contributed by atoms with E-state index >= 15 is 0 Å². The first-order valence-electron chi connectivity index (χ1n) is 14.1. The van der Waals surface area contributed by atoms with Crippen molar-refractivity contribution in [3.63, 3.8) is 0 Å². The van der Waals surface area contributed by atoms with Crippen LogP contribution in [0.3, 0.4) is 0 Å². The summed E-state index contributed by atoms with van der Waals surface area (Å²) in [4.78, 5) is 11.5. The maximum absolute atomic E-state index is 11.5. The Balaban J connectivity index is 0.00000304. The largest absolute Gasteiger partial charge is 1.00 e. The number of allylic oxidation sites excluding steroid dienone is 3. The maximum Gasteiger partial charge on any atom is 0.302 e. The van der Waals surface area contributed by atoms with Crippen molar-refractivity contribution in [1.82, 2.24) is 0 Å². The highest BCUT2D eigenvalue weighted by molar-refractivity contribution is 5.66. The van der Waals surface area contributed by atoms with Gasteiger partial charge in [-0.3, -0.25) is 4.79 Å². The van der Waals surface area contributed by atoms with Gasteiger partial charge in [-0.1, -0.05) is 44.6 Å². The molecule has 0 aromatic carbocycles. The number of aryl methyl sites for hydroxylation is 2.